The molecule has 0 spiro atoms. The molecule has 0 aliphatic heterocycles. The van der Waals surface area contributed by atoms with E-state index in [0.717, 1.165) is 34.1 Å². The van der Waals surface area contributed by atoms with Crippen LogP contribution in [0.2, 0.25) is 0 Å². The molecule has 0 bridgehead atoms. The average molecular weight is 669 g/mol. The molecule has 2 nitrogen and oxygen atoms in total. The van der Waals surface area contributed by atoms with Crippen LogP contribution in [0.5, 0.6) is 0 Å². The lowest BCUT2D eigenvalue weighted by atomic mass is 9.99. The van der Waals surface area contributed by atoms with Gasteiger partial charge in [0.05, 0.1) is 0 Å². The van der Waals surface area contributed by atoms with Crippen LogP contribution >= 0.6 is 0 Å². The Balaban J connectivity index is 1.05. The molecule has 0 radical (unpaired) electrons. The van der Waals surface area contributed by atoms with E-state index in [1.807, 2.05) is 6.92 Å². The molecule has 0 aliphatic rings. The van der Waals surface area contributed by atoms with Crippen molar-refractivity contribution in [3.63, 3.8) is 0 Å². The minimum Gasteiger partial charge on any atom is -0.314 e. The first kappa shape index (κ1) is 32.6. The molecule has 0 atom stereocenters. The normalized spacial score (nSPS) is 11.7. The Bertz CT molecular complexity index is 2510. The van der Waals surface area contributed by atoms with Gasteiger partial charge in [0.15, 0.2) is 0 Å². The highest BCUT2D eigenvalue weighted by Crippen LogP contribution is 2.38. The van der Waals surface area contributed by atoms with E-state index in [1.165, 1.54) is 43.8 Å². The van der Waals surface area contributed by atoms with Gasteiger partial charge in [0.25, 0.3) is 0 Å². The maximum absolute atomic E-state index is 2.32. The molecular formula is C50H40N2. The van der Waals surface area contributed by atoms with Gasteiger partial charge in [-0.25, -0.2) is 0 Å². The van der Waals surface area contributed by atoms with Gasteiger partial charge >= 0.3 is 0 Å². The predicted molar refractivity (Wildman–Crippen MR) is 224 cm³/mol. The third kappa shape index (κ3) is 6.75. The molecule has 8 aromatic rings. The number of nitrogens with zero attached hydrogens (tertiary/aromatic N) is 2. The van der Waals surface area contributed by atoms with E-state index in [1.54, 1.807) is 0 Å². The van der Waals surface area contributed by atoms with E-state index in [2.05, 4.69) is 223 Å². The molecule has 0 unspecified atom stereocenters. The molecule has 52 heavy (non-hydrogen) atoms. The van der Waals surface area contributed by atoms with E-state index in [9.17, 15) is 0 Å². The van der Waals surface area contributed by atoms with E-state index in [4.69, 9.17) is 0 Å². The Morgan fingerprint density at radius 3 is 1.33 bits per heavy atom. The molecule has 0 amide bonds. The number of hydrogen-bond donors (Lipinski definition) is 0. The second-order valence-electron chi connectivity index (χ2n) is 13.1. The fraction of sp³-hybridized carbons (Fsp3) is 0.0400. The standard InChI is InChI=1S/C50H40N2/c1-3-4-12-37(2)51(49-33-27-38-13-8-10-15-44(38)35-49)47-29-23-42(24-30-47)40-19-21-41(22-20-40)43-25-31-48(32-26-43)52(46-17-6-5-7-18-46)50-34-28-39-14-9-11-16-45(39)36-50/h3-36H,1-2H3/b4-3-,37-12+. The van der Waals surface area contributed by atoms with Crippen molar-refractivity contribution in [3.05, 3.63) is 212 Å². The summed E-state index contributed by atoms with van der Waals surface area (Å²) in [6.45, 7) is 4.21. The Labute approximate surface area is 306 Å². The van der Waals surface area contributed by atoms with Crippen LogP contribution < -0.4 is 9.80 Å². The van der Waals surface area contributed by atoms with Gasteiger partial charge in [0, 0.05) is 34.1 Å². The van der Waals surface area contributed by atoms with Gasteiger partial charge in [-0.2, -0.15) is 0 Å². The summed E-state index contributed by atoms with van der Waals surface area (Å²) in [4.78, 5) is 4.64. The predicted octanol–water partition coefficient (Wildman–Crippen LogP) is 14.4. The number of allylic oxidation sites excluding steroid dienone is 4. The molecule has 2 heteroatoms. The van der Waals surface area contributed by atoms with Crippen LogP contribution in [0.15, 0.2) is 212 Å². The van der Waals surface area contributed by atoms with Gasteiger partial charge in [-0.15, -0.1) is 0 Å². The van der Waals surface area contributed by atoms with Crippen molar-refractivity contribution in [1.29, 1.82) is 0 Å². The number of hydrogen-bond acceptors (Lipinski definition) is 2. The quantitative estimate of drug-likeness (QED) is 0.141. The van der Waals surface area contributed by atoms with Gasteiger partial charge in [-0.1, -0.05) is 140 Å². The van der Waals surface area contributed by atoms with E-state index in [0.29, 0.717) is 0 Å². The lowest BCUT2D eigenvalue weighted by molar-refractivity contribution is 1.16. The first-order chi connectivity index (χ1) is 25.6. The highest BCUT2D eigenvalue weighted by atomic mass is 15.1. The second-order valence-corrected chi connectivity index (χ2v) is 13.1. The molecule has 8 rings (SSSR count). The Hall–Kier alpha value is -6.64. The van der Waals surface area contributed by atoms with Crippen molar-refractivity contribution in [1.82, 2.24) is 0 Å². The van der Waals surface area contributed by atoms with Crippen LogP contribution in [0.4, 0.5) is 28.4 Å². The molecule has 0 heterocycles. The van der Waals surface area contributed by atoms with Gasteiger partial charge in [-0.3, -0.25) is 0 Å². The summed E-state index contributed by atoms with van der Waals surface area (Å²) >= 11 is 0. The SMILES string of the molecule is C/C=C\C=C(/C)N(c1ccc(-c2ccc(-c3ccc(N(c4ccccc4)c4ccc5ccccc5c4)cc3)cc2)cc1)c1ccc2ccccc2c1. The first-order valence-corrected chi connectivity index (χ1v) is 17.9. The summed E-state index contributed by atoms with van der Waals surface area (Å²) in [5.74, 6) is 0. The van der Waals surface area contributed by atoms with Gasteiger partial charge in [-0.05, 0) is 124 Å². The molecule has 8 aromatic carbocycles. The largest absolute Gasteiger partial charge is 0.314 e. The van der Waals surface area contributed by atoms with Crippen LogP contribution in [0.25, 0.3) is 43.8 Å². The summed E-state index contributed by atoms with van der Waals surface area (Å²) in [5.41, 5.74) is 11.6. The van der Waals surface area contributed by atoms with E-state index < -0.39 is 0 Å². The minimum atomic E-state index is 1.12. The minimum absolute atomic E-state index is 1.12. The molecule has 0 N–H and O–H groups in total. The topological polar surface area (TPSA) is 6.48 Å². The molecule has 0 saturated heterocycles. The molecule has 0 aromatic heterocycles. The van der Waals surface area contributed by atoms with Crippen molar-refractivity contribution in [2.45, 2.75) is 13.8 Å². The molecule has 0 fully saturated rings. The lowest BCUT2D eigenvalue weighted by Crippen LogP contribution is -2.14. The van der Waals surface area contributed by atoms with Crippen molar-refractivity contribution >= 4 is 50.0 Å². The monoisotopic (exact) mass is 668 g/mol. The molecule has 0 saturated carbocycles. The Morgan fingerprint density at radius 2 is 0.788 bits per heavy atom. The fourth-order valence-corrected chi connectivity index (χ4v) is 6.98. The molecular weight excluding hydrogens is 629 g/mol. The first-order valence-electron chi connectivity index (χ1n) is 17.9. The zero-order valence-electron chi connectivity index (χ0n) is 29.5. The summed E-state index contributed by atoms with van der Waals surface area (Å²) in [5, 5.41) is 4.94. The zero-order chi connectivity index (χ0) is 35.3. The number of fused-ring (bicyclic) bond motifs is 2. The third-order valence-electron chi connectivity index (χ3n) is 9.68. The average Bonchev–Trinajstić information content (AvgIpc) is 3.21. The van der Waals surface area contributed by atoms with Gasteiger partial charge in [0.1, 0.15) is 0 Å². The summed E-state index contributed by atoms with van der Waals surface area (Å²) < 4.78 is 0. The Morgan fingerprint density at radius 1 is 0.385 bits per heavy atom. The van der Waals surface area contributed by atoms with Gasteiger partial charge < -0.3 is 9.80 Å². The zero-order valence-corrected chi connectivity index (χ0v) is 29.5. The third-order valence-corrected chi connectivity index (χ3v) is 9.68. The Kier molecular flexibility index (Phi) is 9.19. The maximum atomic E-state index is 2.32. The maximum Gasteiger partial charge on any atom is 0.0468 e. The van der Waals surface area contributed by atoms with Gasteiger partial charge in [0.2, 0.25) is 0 Å². The highest BCUT2D eigenvalue weighted by molar-refractivity contribution is 5.90. The van der Waals surface area contributed by atoms with Crippen molar-refractivity contribution < 1.29 is 0 Å². The number of para-hydroxylation sites is 1. The fourth-order valence-electron chi connectivity index (χ4n) is 6.98. The summed E-state index contributed by atoms with van der Waals surface area (Å²) in [6.07, 6.45) is 6.32. The second kappa shape index (κ2) is 14.7. The van der Waals surface area contributed by atoms with Crippen LogP contribution in [0.3, 0.4) is 0 Å². The number of rotatable bonds is 9. The van der Waals surface area contributed by atoms with Crippen molar-refractivity contribution in [3.8, 4) is 22.3 Å². The molecule has 0 aliphatic carbocycles. The highest BCUT2D eigenvalue weighted by Gasteiger charge is 2.15. The van der Waals surface area contributed by atoms with Crippen LogP contribution in [-0.2, 0) is 0 Å². The van der Waals surface area contributed by atoms with E-state index in [-0.39, 0.29) is 0 Å². The lowest BCUT2D eigenvalue weighted by Gasteiger charge is -2.26. The van der Waals surface area contributed by atoms with E-state index >= 15 is 0 Å². The number of benzene rings is 8. The van der Waals surface area contributed by atoms with Crippen LogP contribution in [-0.4, -0.2) is 0 Å². The van der Waals surface area contributed by atoms with Crippen LogP contribution in [0.1, 0.15) is 13.8 Å². The summed E-state index contributed by atoms with van der Waals surface area (Å²) in [7, 11) is 0. The summed E-state index contributed by atoms with van der Waals surface area (Å²) in [6, 6.07) is 67.6. The number of anilines is 5. The van der Waals surface area contributed by atoms with Crippen LogP contribution in [0, 0.1) is 0 Å². The van der Waals surface area contributed by atoms with Crippen molar-refractivity contribution in [2.24, 2.45) is 0 Å². The molecule has 250 valence electrons. The van der Waals surface area contributed by atoms with Crippen molar-refractivity contribution in [2.75, 3.05) is 9.80 Å². The smallest absolute Gasteiger partial charge is 0.0468 e.